The number of aromatic nitrogens is 2. The molecule has 4 rings (SSSR count). The average molecular weight is 381 g/mol. The first kappa shape index (κ1) is 18.0. The van der Waals surface area contributed by atoms with Gasteiger partial charge in [-0.2, -0.15) is 9.40 Å². The Morgan fingerprint density at radius 1 is 1.15 bits per heavy atom. The van der Waals surface area contributed by atoms with Crippen molar-refractivity contribution in [3.05, 3.63) is 11.4 Å². The van der Waals surface area contributed by atoms with Crippen molar-refractivity contribution in [2.24, 2.45) is 12.5 Å². The van der Waals surface area contributed by atoms with Crippen molar-refractivity contribution >= 4 is 15.9 Å². The van der Waals surface area contributed by atoms with Crippen LogP contribution in [-0.2, 0) is 21.9 Å². The van der Waals surface area contributed by atoms with Gasteiger partial charge in [-0.1, -0.05) is 0 Å². The highest BCUT2D eigenvalue weighted by atomic mass is 32.2. The summed E-state index contributed by atoms with van der Waals surface area (Å²) in [5.41, 5.74) is 1.15. The maximum absolute atomic E-state index is 13.4. The molecule has 1 aliphatic carbocycles. The molecule has 2 aliphatic heterocycles. The van der Waals surface area contributed by atoms with E-state index >= 15 is 0 Å². The van der Waals surface area contributed by atoms with E-state index in [-0.39, 0.29) is 11.3 Å². The lowest BCUT2D eigenvalue weighted by atomic mass is 9.74. The monoisotopic (exact) mass is 380 g/mol. The number of sulfonamides is 1. The SMILES string of the molecule is Cc1nn(C)c(C)c1S(=O)(=O)N1CCCC2(CCC(=O)N(C3CC3)C2)C1. The summed E-state index contributed by atoms with van der Waals surface area (Å²) < 4.78 is 30.0. The molecule has 1 amide bonds. The predicted molar refractivity (Wildman–Crippen MR) is 97.1 cm³/mol. The van der Waals surface area contributed by atoms with Crippen LogP contribution >= 0.6 is 0 Å². The Hall–Kier alpha value is -1.41. The molecule has 144 valence electrons. The molecule has 0 aromatic carbocycles. The van der Waals surface area contributed by atoms with Crippen LogP contribution < -0.4 is 0 Å². The van der Waals surface area contributed by atoms with E-state index in [0.717, 1.165) is 32.1 Å². The third-order valence-electron chi connectivity index (χ3n) is 6.35. The predicted octanol–water partition coefficient (Wildman–Crippen LogP) is 1.59. The minimum Gasteiger partial charge on any atom is -0.339 e. The highest BCUT2D eigenvalue weighted by Gasteiger charge is 2.48. The van der Waals surface area contributed by atoms with E-state index in [1.54, 1.807) is 29.9 Å². The molecule has 1 aromatic heterocycles. The Morgan fingerprint density at radius 3 is 2.50 bits per heavy atom. The second-order valence-electron chi connectivity index (χ2n) is 8.32. The lowest BCUT2D eigenvalue weighted by molar-refractivity contribution is -0.139. The highest BCUT2D eigenvalue weighted by Crippen LogP contribution is 2.43. The zero-order valence-corrected chi connectivity index (χ0v) is 16.7. The van der Waals surface area contributed by atoms with Crippen LogP contribution in [0.2, 0.25) is 0 Å². The molecule has 1 saturated carbocycles. The van der Waals surface area contributed by atoms with Crippen LogP contribution in [0, 0.1) is 19.3 Å². The summed E-state index contributed by atoms with van der Waals surface area (Å²) >= 11 is 0. The van der Waals surface area contributed by atoms with E-state index in [4.69, 9.17) is 0 Å². The van der Waals surface area contributed by atoms with Crippen LogP contribution in [-0.4, -0.2) is 59.0 Å². The van der Waals surface area contributed by atoms with Gasteiger partial charge >= 0.3 is 0 Å². The number of carbonyl (C=O) groups excluding carboxylic acids is 1. The number of rotatable bonds is 3. The molecule has 3 aliphatic rings. The molecule has 3 heterocycles. The van der Waals surface area contributed by atoms with Crippen LogP contribution in [0.1, 0.15) is 49.9 Å². The summed E-state index contributed by atoms with van der Waals surface area (Å²) in [7, 11) is -1.79. The van der Waals surface area contributed by atoms with Gasteiger partial charge in [-0.25, -0.2) is 8.42 Å². The summed E-state index contributed by atoms with van der Waals surface area (Å²) in [6.07, 6.45) is 5.39. The van der Waals surface area contributed by atoms with E-state index < -0.39 is 10.0 Å². The van der Waals surface area contributed by atoms with E-state index in [0.29, 0.717) is 48.4 Å². The standard InChI is InChI=1S/C18H28N4O3S/c1-13-17(14(2)20(3)19-13)26(24,25)21-10-4-8-18(11-21)9-7-16(23)22(12-18)15-5-6-15/h15H,4-12H2,1-3H3. The fourth-order valence-electron chi connectivity index (χ4n) is 4.72. The van der Waals surface area contributed by atoms with Gasteiger partial charge in [0, 0.05) is 44.6 Å². The Morgan fingerprint density at radius 2 is 1.88 bits per heavy atom. The quantitative estimate of drug-likeness (QED) is 0.798. The normalized spacial score (nSPS) is 28.1. The topological polar surface area (TPSA) is 75.5 Å². The van der Waals surface area contributed by atoms with E-state index in [9.17, 15) is 13.2 Å². The van der Waals surface area contributed by atoms with Crippen molar-refractivity contribution in [2.45, 2.75) is 63.3 Å². The first-order valence-corrected chi connectivity index (χ1v) is 11.0. The molecule has 26 heavy (non-hydrogen) atoms. The number of hydrogen-bond donors (Lipinski definition) is 0. The van der Waals surface area contributed by atoms with Gasteiger partial charge in [0.1, 0.15) is 4.90 Å². The number of piperidine rings is 2. The third kappa shape index (κ3) is 2.87. The number of aryl methyl sites for hydroxylation is 2. The maximum atomic E-state index is 13.4. The number of hydrogen-bond acceptors (Lipinski definition) is 4. The Balaban J connectivity index is 1.61. The zero-order chi connectivity index (χ0) is 18.7. The van der Waals surface area contributed by atoms with Crippen LogP contribution in [0.5, 0.6) is 0 Å². The molecular formula is C18H28N4O3S. The number of likely N-dealkylation sites (tertiary alicyclic amines) is 1. The molecular weight excluding hydrogens is 352 g/mol. The fraction of sp³-hybridized carbons (Fsp3) is 0.778. The van der Waals surface area contributed by atoms with E-state index in [1.165, 1.54) is 0 Å². The van der Waals surface area contributed by atoms with Crippen molar-refractivity contribution < 1.29 is 13.2 Å². The molecule has 0 bridgehead atoms. The lowest BCUT2D eigenvalue weighted by Crippen LogP contribution is -2.55. The van der Waals surface area contributed by atoms with Gasteiger partial charge in [-0.3, -0.25) is 9.48 Å². The van der Waals surface area contributed by atoms with Crippen molar-refractivity contribution in [1.29, 1.82) is 0 Å². The Kier molecular flexibility index (Phi) is 4.19. The van der Waals surface area contributed by atoms with Gasteiger partial charge < -0.3 is 4.90 Å². The Bertz CT molecular complexity index is 843. The average Bonchev–Trinajstić information content (AvgIpc) is 3.38. The molecule has 1 unspecified atom stereocenters. The van der Waals surface area contributed by atoms with Crippen LogP contribution in [0.3, 0.4) is 0 Å². The molecule has 0 radical (unpaired) electrons. The van der Waals surface area contributed by atoms with Crippen LogP contribution in [0.15, 0.2) is 4.90 Å². The number of amides is 1. The van der Waals surface area contributed by atoms with Gasteiger partial charge in [0.05, 0.1) is 11.4 Å². The molecule has 1 spiro atoms. The molecule has 2 saturated heterocycles. The maximum Gasteiger partial charge on any atom is 0.246 e. The van der Waals surface area contributed by atoms with E-state index in [1.807, 2.05) is 4.90 Å². The molecule has 7 nitrogen and oxygen atoms in total. The fourth-order valence-corrected chi connectivity index (χ4v) is 6.71. The molecule has 8 heteroatoms. The lowest BCUT2D eigenvalue weighted by Gasteiger charge is -2.48. The van der Waals surface area contributed by atoms with Gasteiger partial charge in [-0.15, -0.1) is 0 Å². The van der Waals surface area contributed by atoms with Gasteiger partial charge in [0.2, 0.25) is 15.9 Å². The van der Waals surface area contributed by atoms with Crippen molar-refractivity contribution in [2.75, 3.05) is 19.6 Å². The second-order valence-corrected chi connectivity index (χ2v) is 10.2. The zero-order valence-electron chi connectivity index (χ0n) is 15.9. The van der Waals surface area contributed by atoms with E-state index in [2.05, 4.69) is 5.10 Å². The summed E-state index contributed by atoms with van der Waals surface area (Å²) in [4.78, 5) is 14.7. The number of nitrogens with zero attached hydrogens (tertiary/aromatic N) is 4. The van der Waals surface area contributed by atoms with Crippen molar-refractivity contribution in [3.8, 4) is 0 Å². The first-order valence-electron chi connectivity index (χ1n) is 9.53. The largest absolute Gasteiger partial charge is 0.339 e. The van der Waals surface area contributed by atoms with Crippen molar-refractivity contribution in [3.63, 3.8) is 0 Å². The molecule has 1 atom stereocenters. The molecule has 1 aromatic rings. The first-order chi connectivity index (χ1) is 12.2. The molecule has 3 fully saturated rings. The van der Waals surface area contributed by atoms with Gasteiger partial charge in [0.25, 0.3) is 0 Å². The smallest absolute Gasteiger partial charge is 0.246 e. The summed E-state index contributed by atoms with van der Waals surface area (Å²) in [6, 6.07) is 0.398. The summed E-state index contributed by atoms with van der Waals surface area (Å²) in [5, 5.41) is 4.29. The highest BCUT2D eigenvalue weighted by molar-refractivity contribution is 7.89. The van der Waals surface area contributed by atoms with Gasteiger partial charge in [0.15, 0.2) is 0 Å². The third-order valence-corrected chi connectivity index (χ3v) is 8.45. The number of carbonyl (C=O) groups is 1. The Labute approximate surface area is 155 Å². The summed E-state index contributed by atoms with van der Waals surface area (Å²) in [5.74, 6) is 0.247. The minimum absolute atomic E-state index is 0.0914. The minimum atomic E-state index is -3.57. The van der Waals surface area contributed by atoms with Crippen LogP contribution in [0.25, 0.3) is 0 Å². The molecule has 0 N–H and O–H groups in total. The van der Waals surface area contributed by atoms with Crippen molar-refractivity contribution in [1.82, 2.24) is 19.0 Å². The van der Waals surface area contributed by atoms with Gasteiger partial charge in [-0.05, 0) is 46.0 Å². The summed E-state index contributed by atoms with van der Waals surface area (Å²) in [6.45, 7) is 5.34. The van der Waals surface area contributed by atoms with Crippen LogP contribution in [0.4, 0.5) is 0 Å². The second kappa shape index (κ2) is 6.05.